The Morgan fingerprint density at radius 1 is 1.57 bits per heavy atom. The van der Waals surface area contributed by atoms with Crippen LogP contribution in [0.1, 0.15) is 13.3 Å². The van der Waals surface area contributed by atoms with E-state index < -0.39 is 5.97 Å². The maximum atomic E-state index is 10.7. The fourth-order valence-electron chi connectivity index (χ4n) is 1.12. The Labute approximate surface area is 83.0 Å². The molecule has 2 N–H and O–H groups in total. The Bertz CT molecular complexity index is 287. The Kier molecular flexibility index (Phi) is 3.91. The van der Waals surface area contributed by atoms with Crippen LogP contribution in [-0.4, -0.2) is 22.6 Å². The highest BCUT2D eigenvalue weighted by atomic mass is 16.4. The van der Waals surface area contributed by atoms with Crippen LogP contribution in [0.5, 0.6) is 0 Å². The number of carboxylic acid groups (broad SMARTS) is 1. The van der Waals surface area contributed by atoms with E-state index in [4.69, 9.17) is 5.11 Å². The highest BCUT2D eigenvalue weighted by molar-refractivity contribution is 5.70. The van der Waals surface area contributed by atoms with Crippen LogP contribution in [0.4, 0.5) is 5.69 Å². The summed E-state index contributed by atoms with van der Waals surface area (Å²) < 4.78 is 0. The molecule has 0 spiro atoms. The van der Waals surface area contributed by atoms with Crippen LogP contribution in [0, 0.1) is 5.92 Å². The van der Waals surface area contributed by atoms with Crippen LogP contribution in [0.3, 0.4) is 0 Å². The second-order valence-electron chi connectivity index (χ2n) is 3.06. The van der Waals surface area contributed by atoms with Crippen molar-refractivity contribution in [3.63, 3.8) is 0 Å². The van der Waals surface area contributed by atoms with E-state index in [9.17, 15) is 4.79 Å². The molecule has 1 heterocycles. The standard InChI is InChI=1S/C10H14N2O2/c1-2-8(10(13)14)7-12-9-3-5-11-6-4-9/h3-6,8H,2,7H2,1H3,(H,11,12)(H,13,14). The molecule has 0 radical (unpaired) electrons. The fraction of sp³-hybridized carbons (Fsp3) is 0.400. The minimum absolute atomic E-state index is 0.330. The van der Waals surface area contributed by atoms with Gasteiger partial charge in [-0.25, -0.2) is 0 Å². The van der Waals surface area contributed by atoms with Crippen LogP contribution in [0.2, 0.25) is 0 Å². The van der Waals surface area contributed by atoms with Crippen molar-refractivity contribution in [2.45, 2.75) is 13.3 Å². The third kappa shape index (κ3) is 3.05. The molecule has 0 amide bonds. The third-order valence-corrected chi connectivity index (χ3v) is 2.07. The smallest absolute Gasteiger partial charge is 0.308 e. The van der Waals surface area contributed by atoms with Crippen LogP contribution in [-0.2, 0) is 4.79 Å². The molecule has 0 aliphatic heterocycles. The molecular formula is C10H14N2O2. The van der Waals surface area contributed by atoms with Crippen molar-refractivity contribution in [3.05, 3.63) is 24.5 Å². The Hall–Kier alpha value is -1.58. The molecule has 1 aromatic rings. The lowest BCUT2D eigenvalue weighted by Gasteiger charge is -2.11. The largest absolute Gasteiger partial charge is 0.481 e. The molecule has 0 aromatic carbocycles. The van der Waals surface area contributed by atoms with Crippen LogP contribution in [0.15, 0.2) is 24.5 Å². The molecule has 1 aromatic heterocycles. The highest BCUT2D eigenvalue weighted by Crippen LogP contribution is 2.07. The lowest BCUT2D eigenvalue weighted by Crippen LogP contribution is -2.21. The van der Waals surface area contributed by atoms with Gasteiger partial charge in [0.1, 0.15) is 0 Å². The van der Waals surface area contributed by atoms with Crippen molar-refractivity contribution in [2.24, 2.45) is 5.92 Å². The number of nitrogens with zero attached hydrogens (tertiary/aromatic N) is 1. The zero-order valence-electron chi connectivity index (χ0n) is 8.10. The number of carbonyl (C=O) groups is 1. The molecule has 0 aliphatic carbocycles. The summed E-state index contributed by atoms with van der Waals surface area (Å²) in [6, 6.07) is 3.63. The van der Waals surface area contributed by atoms with E-state index in [1.165, 1.54) is 0 Å². The van der Waals surface area contributed by atoms with Gasteiger partial charge in [0.05, 0.1) is 5.92 Å². The van der Waals surface area contributed by atoms with Gasteiger partial charge in [0.15, 0.2) is 0 Å². The number of hydrogen-bond donors (Lipinski definition) is 2. The Morgan fingerprint density at radius 2 is 2.21 bits per heavy atom. The lowest BCUT2D eigenvalue weighted by molar-refractivity contribution is -0.141. The number of aliphatic carboxylic acids is 1. The number of hydrogen-bond acceptors (Lipinski definition) is 3. The van der Waals surface area contributed by atoms with Gasteiger partial charge >= 0.3 is 5.97 Å². The van der Waals surface area contributed by atoms with Gasteiger partial charge in [0.25, 0.3) is 0 Å². The van der Waals surface area contributed by atoms with E-state index in [1.54, 1.807) is 12.4 Å². The summed E-state index contributed by atoms with van der Waals surface area (Å²) in [7, 11) is 0. The normalized spacial score (nSPS) is 12.1. The second-order valence-corrected chi connectivity index (χ2v) is 3.06. The first-order valence-corrected chi connectivity index (χ1v) is 4.60. The summed E-state index contributed by atoms with van der Waals surface area (Å²) in [5, 5.41) is 11.9. The maximum Gasteiger partial charge on any atom is 0.308 e. The van der Waals surface area contributed by atoms with Crippen molar-refractivity contribution >= 4 is 11.7 Å². The van der Waals surface area contributed by atoms with Gasteiger partial charge in [-0.3, -0.25) is 9.78 Å². The lowest BCUT2D eigenvalue weighted by atomic mass is 10.1. The molecule has 4 heteroatoms. The van der Waals surface area contributed by atoms with E-state index in [0.29, 0.717) is 13.0 Å². The molecule has 1 rings (SSSR count). The highest BCUT2D eigenvalue weighted by Gasteiger charge is 2.13. The number of anilines is 1. The molecule has 14 heavy (non-hydrogen) atoms. The van der Waals surface area contributed by atoms with Crippen molar-refractivity contribution in [2.75, 3.05) is 11.9 Å². The number of carboxylic acids is 1. The first-order valence-electron chi connectivity index (χ1n) is 4.60. The second kappa shape index (κ2) is 5.21. The molecule has 0 bridgehead atoms. The zero-order chi connectivity index (χ0) is 10.4. The van der Waals surface area contributed by atoms with Gasteiger partial charge in [-0.1, -0.05) is 6.92 Å². The first-order chi connectivity index (χ1) is 6.74. The van der Waals surface area contributed by atoms with E-state index in [1.807, 2.05) is 19.1 Å². The van der Waals surface area contributed by atoms with Crippen LogP contribution in [0.25, 0.3) is 0 Å². The molecule has 4 nitrogen and oxygen atoms in total. The first kappa shape index (κ1) is 10.5. The Morgan fingerprint density at radius 3 is 2.71 bits per heavy atom. The molecule has 76 valence electrons. The number of pyridine rings is 1. The molecule has 0 saturated heterocycles. The summed E-state index contributed by atoms with van der Waals surface area (Å²) in [4.78, 5) is 14.6. The predicted octanol–water partition coefficient (Wildman–Crippen LogP) is 1.60. The average molecular weight is 194 g/mol. The van der Waals surface area contributed by atoms with Crippen molar-refractivity contribution in [3.8, 4) is 0 Å². The van der Waals surface area contributed by atoms with Crippen molar-refractivity contribution in [1.29, 1.82) is 0 Å². The molecule has 1 atom stereocenters. The van der Waals surface area contributed by atoms with Crippen molar-refractivity contribution in [1.82, 2.24) is 4.98 Å². The van der Waals surface area contributed by atoms with E-state index in [0.717, 1.165) is 5.69 Å². The monoisotopic (exact) mass is 194 g/mol. The molecule has 0 saturated carbocycles. The van der Waals surface area contributed by atoms with E-state index in [-0.39, 0.29) is 5.92 Å². The van der Waals surface area contributed by atoms with Gasteiger partial charge in [-0.05, 0) is 18.6 Å². The van der Waals surface area contributed by atoms with E-state index >= 15 is 0 Å². The number of nitrogens with one attached hydrogen (secondary N) is 1. The van der Waals surface area contributed by atoms with Gasteiger partial charge < -0.3 is 10.4 Å². The molecule has 0 aliphatic rings. The number of rotatable bonds is 5. The summed E-state index contributed by atoms with van der Waals surface area (Å²) in [5.74, 6) is -1.09. The summed E-state index contributed by atoms with van der Waals surface area (Å²) in [5.41, 5.74) is 0.903. The van der Waals surface area contributed by atoms with Gasteiger partial charge in [0, 0.05) is 24.6 Å². The van der Waals surface area contributed by atoms with Gasteiger partial charge in [0.2, 0.25) is 0 Å². The predicted molar refractivity (Wildman–Crippen MR) is 54.1 cm³/mol. The Balaban J connectivity index is 2.44. The summed E-state index contributed by atoms with van der Waals surface area (Å²) in [6.45, 7) is 2.32. The molecule has 0 fully saturated rings. The summed E-state index contributed by atoms with van der Waals surface area (Å²) >= 11 is 0. The van der Waals surface area contributed by atoms with Gasteiger partial charge in [-0.15, -0.1) is 0 Å². The van der Waals surface area contributed by atoms with E-state index in [2.05, 4.69) is 10.3 Å². The van der Waals surface area contributed by atoms with Crippen LogP contribution >= 0.6 is 0 Å². The molecular weight excluding hydrogens is 180 g/mol. The molecule has 1 unspecified atom stereocenters. The zero-order valence-corrected chi connectivity index (χ0v) is 8.10. The quantitative estimate of drug-likeness (QED) is 0.747. The van der Waals surface area contributed by atoms with Crippen molar-refractivity contribution < 1.29 is 9.90 Å². The number of aromatic nitrogens is 1. The topological polar surface area (TPSA) is 62.2 Å². The maximum absolute atomic E-state index is 10.7. The summed E-state index contributed by atoms with van der Waals surface area (Å²) in [6.07, 6.45) is 3.97. The van der Waals surface area contributed by atoms with Crippen LogP contribution < -0.4 is 5.32 Å². The third-order valence-electron chi connectivity index (χ3n) is 2.07. The minimum atomic E-state index is -0.756. The average Bonchev–Trinajstić information content (AvgIpc) is 2.20. The minimum Gasteiger partial charge on any atom is -0.481 e. The van der Waals surface area contributed by atoms with Gasteiger partial charge in [-0.2, -0.15) is 0 Å². The SMILES string of the molecule is CCC(CNc1ccncc1)C(=O)O. The fourth-order valence-corrected chi connectivity index (χ4v) is 1.12.